The highest BCUT2D eigenvalue weighted by molar-refractivity contribution is 6.09. The first-order valence-corrected chi connectivity index (χ1v) is 13.9. The first-order chi connectivity index (χ1) is 20.9. The molecule has 0 heterocycles. The Kier molecular flexibility index (Phi) is 9.19. The van der Waals surface area contributed by atoms with E-state index < -0.39 is 0 Å². The fraction of sp³-hybridized carbons (Fsp3) is 0.0857. The van der Waals surface area contributed by atoms with Crippen LogP contribution in [0.2, 0.25) is 0 Å². The number of carbonyl (C=O) groups excluding carboxylic acids is 4. The summed E-state index contributed by atoms with van der Waals surface area (Å²) < 4.78 is 0. The van der Waals surface area contributed by atoms with Gasteiger partial charge < -0.3 is 21.3 Å². The highest BCUT2D eigenvalue weighted by Gasteiger charge is 2.13. The third-order valence-corrected chi connectivity index (χ3v) is 6.78. The van der Waals surface area contributed by atoms with Crippen LogP contribution in [0.5, 0.6) is 0 Å². The molecule has 8 nitrogen and oxygen atoms in total. The third kappa shape index (κ3) is 7.92. The molecule has 214 valence electrons. The van der Waals surface area contributed by atoms with Gasteiger partial charge in [-0.25, -0.2) is 0 Å². The minimum atomic E-state index is -0.369. The Labute approximate surface area is 249 Å². The summed E-state index contributed by atoms with van der Waals surface area (Å²) in [5.41, 5.74) is 4.51. The van der Waals surface area contributed by atoms with Crippen molar-refractivity contribution in [2.45, 2.75) is 12.8 Å². The van der Waals surface area contributed by atoms with Crippen LogP contribution >= 0.6 is 0 Å². The Morgan fingerprint density at radius 3 is 1.60 bits per heavy atom. The molecule has 0 saturated carbocycles. The molecule has 5 rings (SSSR count). The van der Waals surface area contributed by atoms with E-state index in [9.17, 15) is 19.2 Å². The van der Waals surface area contributed by atoms with Gasteiger partial charge in [0.1, 0.15) is 0 Å². The number of allylic oxidation sites excluding steroid dienone is 3. The van der Waals surface area contributed by atoms with E-state index in [0.717, 1.165) is 17.7 Å². The number of benzene rings is 4. The lowest BCUT2D eigenvalue weighted by atomic mass is 10.0. The van der Waals surface area contributed by atoms with Gasteiger partial charge in [0.05, 0.1) is 6.54 Å². The van der Waals surface area contributed by atoms with Crippen LogP contribution < -0.4 is 21.3 Å². The van der Waals surface area contributed by atoms with Crippen LogP contribution in [-0.4, -0.2) is 30.0 Å². The van der Waals surface area contributed by atoms with Crippen molar-refractivity contribution in [3.63, 3.8) is 0 Å². The van der Waals surface area contributed by atoms with E-state index in [1.54, 1.807) is 78.9 Å². The van der Waals surface area contributed by atoms with E-state index in [2.05, 4.69) is 21.3 Å². The molecule has 3 amide bonds. The molecule has 0 unspecified atom stereocenters. The standard InChI is InChI=1S/C35H30N4O4/c40-32(24-8-3-1-4-9-24)23-36-28-14-16-29(17-15-28)38-34(42)26-12-7-13-27(22-26)35(43)39-31-20-18-30(19-21-31)37-33(41)25-10-5-2-6-11-25/h1-5,7-10,12-22,36H,6,11,23H2,(H,37,41)(H,38,42)(H,39,43). The zero-order chi connectivity index (χ0) is 30.0. The van der Waals surface area contributed by atoms with Gasteiger partial charge in [-0.15, -0.1) is 0 Å². The minimum absolute atomic E-state index is 0.0200. The lowest BCUT2D eigenvalue weighted by Crippen LogP contribution is -2.16. The van der Waals surface area contributed by atoms with Gasteiger partial charge >= 0.3 is 0 Å². The van der Waals surface area contributed by atoms with Gasteiger partial charge in [0.25, 0.3) is 17.7 Å². The van der Waals surface area contributed by atoms with Gasteiger partial charge in [-0.05, 0) is 79.6 Å². The summed E-state index contributed by atoms with van der Waals surface area (Å²) in [6.07, 6.45) is 7.26. The van der Waals surface area contributed by atoms with Gasteiger partial charge in [0, 0.05) is 45.0 Å². The molecule has 0 aromatic heterocycles. The molecule has 4 aromatic carbocycles. The fourth-order valence-corrected chi connectivity index (χ4v) is 4.43. The van der Waals surface area contributed by atoms with Crippen LogP contribution in [0.4, 0.5) is 22.7 Å². The number of anilines is 4. The zero-order valence-electron chi connectivity index (χ0n) is 23.3. The normalized spacial score (nSPS) is 12.0. The maximum atomic E-state index is 12.9. The summed E-state index contributed by atoms with van der Waals surface area (Å²) in [6, 6.07) is 29.4. The van der Waals surface area contributed by atoms with Gasteiger partial charge in [-0.3, -0.25) is 19.2 Å². The predicted octanol–water partition coefficient (Wildman–Crippen LogP) is 6.70. The lowest BCUT2D eigenvalue weighted by molar-refractivity contribution is -0.113. The molecule has 4 N–H and O–H groups in total. The topological polar surface area (TPSA) is 116 Å². The average Bonchev–Trinajstić information content (AvgIpc) is 3.06. The average molecular weight is 571 g/mol. The molecule has 43 heavy (non-hydrogen) atoms. The number of carbonyl (C=O) groups is 4. The summed E-state index contributed by atoms with van der Waals surface area (Å²) in [5.74, 6) is -0.892. The Balaban J connectivity index is 1.13. The lowest BCUT2D eigenvalue weighted by Gasteiger charge is -2.11. The molecule has 1 aliphatic rings. The van der Waals surface area contributed by atoms with Gasteiger partial charge in [0.15, 0.2) is 5.78 Å². The Hall–Kier alpha value is -5.76. The predicted molar refractivity (Wildman–Crippen MR) is 170 cm³/mol. The van der Waals surface area contributed by atoms with E-state index in [-0.39, 0.29) is 30.0 Å². The van der Waals surface area contributed by atoms with E-state index in [4.69, 9.17) is 0 Å². The van der Waals surface area contributed by atoms with Gasteiger partial charge in [-0.1, -0.05) is 54.6 Å². The maximum Gasteiger partial charge on any atom is 0.255 e. The monoisotopic (exact) mass is 570 g/mol. The molecule has 0 fully saturated rings. The van der Waals surface area contributed by atoms with E-state index >= 15 is 0 Å². The summed E-state index contributed by atoms with van der Waals surface area (Å²) in [6.45, 7) is 0.154. The van der Waals surface area contributed by atoms with Crippen molar-refractivity contribution in [2.75, 3.05) is 27.8 Å². The second kappa shape index (κ2) is 13.7. The van der Waals surface area contributed by atoms with Crippen LogP contribution in [0.1, 0.15) is 43.9 Å². The Bertz CT molecular complexity index is 1690. The second-order valence-corrected chi connectivity index (χ2v) is 9.90. The number of hydrogen-bond donors (Lipinski definition) is 4. The van der Waals surface area contributed by atoms with Crippen molar-refractivity contribution in [3.05, 3.63) is 144 Å². The Morgan fingerprint density at radius 1 is 0.558 bits per heavy atom. The molecule has 0 saturated heterocycles. The van der Waals surface area contributed by atoms with Crippen LogP contribution in [0.3, 0.4) is 0 Å². The van der Waals surface area contributed by atoms with E-state index in [1.807, 2.05) is 36.4 Å². The molecule has 1 aliphatic carbocycles. The van der Waals surface area contributed by atoms with Gasteiger partial charge in [-0.2, -0.15) is 0 Å². The van der Waals surface area contributed by atoms with Crippen molar-refractivity contribution >= 4 is 46.3 Å². The first kappa shape index (κ1) is 28.8. The molecule has 8 heteroatoms. The zero-order valence-corrected chi connectivity index (χ0v) is 23.3. The molecule has 0 aliphatic heterocycles. The molecular formula is C35H30N4O4. The number of amides is 3. The van der Waals surface area contributed by atoms with Crippen molar-refractivity contribution < 1.29 is 19.2 Å². The molecule has 0 radical (unpaired) electrons. The number of nitrogens with one attached hydrogen (secondary N) is 4. The largest absolute Gasteiger partial charge is 0.378 e. The Morgan fingerprint density at radius 2 is 1.07 bits per heavy atom. The van der Waals surface area contributed by atoms with E-state index in [0.29, 0.717) is 40.2 Å². The number of hydrogen-bond acceptors (Lipinski definition) is 5. The van der Waals surface area contributed by atoms with E-state index in [1.165, 1.54) is 6.07 Å². The quantitative estimate of drug-likeness (QED) is 0.158. The molecular weight excluding hydrogens is 540 g/mol. The highest BCUT2D eigenvalue weighted by Crippen LogP contribution is 2.19. The summed E-state index contributed by atoms with van der Waals surface area (Å²) >= 11 is 0. The van der Waals surface area contributed by atoms with Crippen LogP contribution in [0, 0.1) is 0 Å². The van der Waals surface area contributed by atoms with Crippen LogP contribution in [-0.2, 0) is 4.79 Å². The third-order valence-electron chi connectivity index (χ3n) is 6.78. The number of rotatable bonds is 10. The summed E-state index contributed by atoms with van der Waals surface area (Å²) in [4.78, 5) is 50.5. The van der Waals surface area contributed by atoms with Crippen molar-refractivity contribution in [3.8, 4) is 0 Å². The number of ketones is 1. The maximum absolute atomic E-state index is 12.9. The summed E-state index contributed by atoms with van der Waals surface area (Å²) in [5, 5.41) is 11.6. The van der Waals surface area contributed by atoms with Crippen molar-refractivity contribution in [2.24, 2.45) is 0 Å². The molecule has 0 spiro atoms. The summed E-state index contributed by atoms with van der Waals surface area (Å²) in [7, 11) is 0. The fourth-order valence-electron chi connectivity index (χ4n) is 4.43. The van der Waals surface area contributed by atoms with Crippen LogP contribution in [0.15, 0.2) is 127 Å². The molecule has 0 atom stereocenters. The SMILES string of the molecule is O=C(Nc1ccc(NC(=O)c2cccc(C(=O)Nc3ccc(NCC(=O)c4ccccc4)cc3)c2)cc1)C1=CC=CCC1. The highest BCUT2D eigenvalue weighted by atomic mass is 16.2. The van der Waals surface area contributed by atoms with Gasteiger partial charge in [0.2, 0.25) is 0 Å². The van der Waals surface area contributed by atoms with Crippen molar-refractivity contribution in [1.82, 2.24) is 0 Å². The molecule has 4 aromatic rings. The molecule has 0 bridgehead atoms. The van der Waals surface area contributed by atoms with Crippen molar-refractivity contribution in [1.29, 1.82) is 0 Å². The number of Topliss-reactive ketones (excluding diaryl/α,β-unsaturated/α-hetero) is 1. The van der Waals surface area contributed by atoms with Crippen LogP contribution in [0.25, 0.3) is 0 Å². The first-order valence-electron chi connectivity index (χ1n) is 13.9. The second-order valence-electron chi connectivity index (χ2n) is 9.90. The smallest absolute Gasteiger partial charge is 0.255 e. The minimum Gasteiger partial charge on any atom is -0.378 e.